The first kappa shape index (κ1) is 23.8. The van der Waals surface area contributed by atoms with Crippen LogP contribution in [0.5, 0.6) is 5.75 Å². The Morgan fingerprint density at radius 1 is 1.29 bits per heavy atom. The molecule has 1 aromatic heterocycles. The molecule has 0 spiro atoms. The number of pyridine rings is 1. The van der Waals surface area contributed by atoms with Crippen LogP contribution in [0.15, 0.2) is 52.1 Å². The first-order chi connectivity index (χ1) is 14.4. The lowest BCUT2D eigenvalue weighted by atomic mass is 10.2. The van der Waals surface area contributed by atoms with Gasteiger partial charge in [-0.2, -0.15) is 13.2 Å². The molecule has 0 saturated heterocycles. The van der Waals surface area contributed by atoms with E-state index in [9.17, 15) is 21.6 Å². The monoisotopic (exact) mass is 459 g/mol. The van der Waals surface area contributed by atoms with E-state index in [2.05, 4.69) is 14.7 Å². The topological polar surface area (TPSA) is 162 Å². The van der Waals surface area contributed by atoms with Crippen LogP contribution in [-0.2, 0) is 10.0 Å². The van der Waals surface area contributed by atoms with E-state index >= 15 is 0 Å². The van der Waals surface area contributed by atoms with Crippen molar-refractivity contribution in [1.29, 1.82) is 0 Å². The van der Waals surface area contributed by atoms with Crippen molar-refractivity contribution in [3.63, 3.8) is 0 Å². The van der Waals surface area contributed by atoms with Crippen LogP contribution < -0.4 is 31.8 Å². The summed E-state index contributed by atoms with van der Waals surface area (Å²) in [6.45, 7) is 0. The first-order valence-corrected chi connectivity index (χ1v) is 9.86. The van der Waals surface area contributed by atoms with Crippen molar-refractivity contribution >= 4 is 39.1 Å². The number of halogens is 3. The maximum Gasteiger partial charge on any atom is 0.430 e. The summed E-state index contributed by atoms with van der Waals surface area (Å²) < 4.78 is 70.1. The van der Waals surface area contributed by atoms with Crippen molar-refractivity contribution in [3.8, 4) is 5.75 Å². The van der Waals surface area contributed by atoms with E-state index in [0.717, 1.165) is 17.4 Å². The quantitative estimate of drug-likeness (QED) is 0.211. The molecule has 0 unspecified atom stereocenters. The minimum Gasteiger partial charge on any atom is -0.494 e. The number of allylic oxidation sites excluding steroid dienone is 2. The van der Waals surface area contributed by atoms with Gasteiger partial charge in [0.1, 0.15) is 27.7 Å². The second-order valence-corrected chi connectivity index (χ2v) is 7.73. The summed E-state index contributed by atoms with van der Waals surface area (Å²) in [7, 11) is -1.34. The van der Waals surface area contributed by atoms with Gasteiger partial charge in [0.2, 0.25) is 0 Å². The zero-order valence-electron chi connectivity index (χ0n) is 16.4. The third-order valence-corrected chi connectivity index (χ3v) is 5.13. The lowest BCUT2D eigenvalue weighted by molar-refractivity contribution is -0.0925. The van der Waals surface area contributed by atoms with E-state index in [0.29, 0.717) is 6.08 Å². The summed E-state index contributed by atoms with van der Waals surface area (Å²) in [5.74, 6) is 5.90. The number of benzene rings is 1. The number of nitrogens with one attached hydrogen (secondary N) is 1. The molecule has 0 aliphatic heterocycles. The van der Waals surface area contributed by atoms with Crippen LogP contribution in [0.4, 0.5) is 36.1 Å². The molecule has 10 nitrogen and oxygen atoms in total. The van der Waals surface area contributed by atoms with Gasteiger partial charge in [-0.15, -0.1) is 0 Å². The fourth-order valence-electron chi connectivity index (χ4n) is 2.33. The van der Waals surface area contributed by atoms with Crippen molar-refractivity contribution in [2.24, 2.45) is 16.6 Å². The molecule has 0 radical (unpaired) electrons. The Labute approximate surface area is 176 Å². The van der Waals surface area contributed by atoms with E-state index in [-0.39, 0.29) is 33.5 Å². The van der Waals surface area contributed by atoms with Gasteiger partial charge in [-0.1, -0.05) is 0 Å². The Bertz CT molecular complexity index is 1100. The molecule has 0 saturated carbocycles. The molecule has 7 N–H and O–H groups in total. The average molecular weight is 459 g/mol. The Morgan fingerprint density at radius 3 is 2.48 bits per heavy atom. The average Bonchev–Trinajstić information content (AvgIpc) is 2.67. The SMILES string of the molecule is COc1ccc(N)c(N(C)N)c1NS(=O)(=O)c1ccc(N=C/C=C(\N)C(F)(F)F)nc1. The molecule has 2 aromatic rings. The van der Waals surface area contributed by atoms with E-state index < -0.39 is 21.9 Å². The van der Waals surface area contributed by atoms with Crippen LogP contribution in [0.3, 0.4) is 0 Å². The summed E-state index contributed by atoms with van der Waals surface area (Å²) in [5.41, 5.74) is 9.81. The number of alkyl halides is 3. The number of nitrogens with two attached hydrogens (primary N) is 3. The third-order valence-electron chi connectivity index (χ3n) is 3.80. The summed E-state index contributed by atoms with van der Waals surface area (Å²) in [6.07, 6.45) is -2.33. The second-order valence-electron chi connectivity index (χ2n) is 6.05. The fourth-order valence-corrected chi connectivity index (χ4v) is 3.35. The number of methoxy groups -OCH3 is 1. The number of aromatic nitrogens is 1. The predicted molar refractivity (Wildman–Crippen MR) is 112 cm³/mol. The molecular formula is C17H20F3N7O3S. The maximum absolute atomic E-state index is 12.8. The van der Waals surface area contributed by atoms with E-state index in [1.54, 1.807) is 0 Å². The van der Waals surface area contributed by atoms with Crippen LogP contribution in [0, 0.1) is 0 Å². The maximum atomic E-state index is 12.8. The van der Waals surface area contributed by atoms with Crippen molar-refractivity contribution in [2.75, 3.05) is 29.6 Å². The largest absolute Gasteiger partial charge is 0.494 e. The molecule has 1 aromatic carbocycles. The molecule has 168 valence electrons. The minimum atomic E-state index is -4.68. The number of aliphatic imine (C=N–C) groups is 1. The molecule has 0 atom stereocenters. The zero-order valence-corrected chi connectivity index (χ0v) is 17.2. The van der Waals surface area contributed by atoms with Crippen LogP contribution in [-0.4, -0.2) is 40.0 Å². The number of hydrogen-bond donors (Lipinski definition) is 4. The predicted octanol–water partition coefficient (Wildman–Crippen LogP) is 1.89. The smallest absolute Gasteiger partial charge is 0.430 e. The Balaban J connectivity index is 2.32. The minimum absolute atomic E-state index is 0.0161. The molecule has 31 heavy (non-hydrogen) atoms. The molecule has 14 heteroatoms. The Kier molecular flexibility index (Phi) is 6.97. The van der Waals surface area contributed by atoms with Gasteiger partial charge in [0.25, 0.3) is 10.0 Å². The summed E-state index contributed by atoms with van der Waals surface area (Å²) in [5, 5.41) is 1.13. The number of nitrogens with zero attached hydrogens (tertiary/aromatic N) is 3. The number of anilines is 3. The molecule has 2 rings (SSSR count). The molecule has 0 aliphatic rings. The molecular weight excluding hydrogens is 439 g/mol. The van der Waals surface area contributed by atoms with Crippen LogP contribution in [0.2, 0.25) is 0 Å². The van der Waals surface area contributed by atoms with Crippen molar-refractivity contribution in [3.05, 3.63) is 42.2 Å². The van der Waals surface area contributed by atoms with Gasteiger partial charge in [-0.05, 0) is 30.3 Å². The van der Waals surface area contributed by atoms with Gasteiger partial charge in [-0.25, -0.2) is 24.2 Å². The number of ether oxygens (including phenoxy) is 1. The highest BCUT2D eigenvalue weighted by Gasteiger charge is 2.30. The highest BCUT2D eigenvalue weighted by molar-refractivity contribution is 7.92. The number of sulfonamides is 1. The highest BCUT2D eigenvalue weighted by atomic mass is 32.2. The molecule has 0 fully saturated rings. The summed E-state index contributed by atoms with van der Waals surface area (Å²) >= 11 is 0. The van der Waals surface area contributed by atoms with Crippen LogP contribution in [0.1, 0.15) is 0 Å². The zero-order chi connectivity index (χ0) is 23.4. The van der Waals surface area contributed by atoms with Crippen molar-refractivity contribution in [2.45, 2.75) is 11.1 Å². The van der Waals surface area contributed by atoms with Crippen LogP contribution in [0.25, 0.3) is 0 Å². The van der Waals surface area contributed by atoms with E-state index in [4.69, 9.17) is 22.0 Å². The standard InChI is InChI=1S/C17H20F3N7O3S/c1-27(23)16-11(21)4-5-12(30-2)15(16)26-31(28,29)10-3-6-14(25-9-10)24-8-7-13(22)17(18,19)20/h3-9,26H,21-23H2,1-2H3/b13-7-,24-8?. The van der Waals surface area contributed by atoms with E-state index in [1.165, 1.54) is 38.4 Å². The number of hydrazine groups is 1. The second kappa shape index (κ2) is 9.09. The van der Waals surface area contributed by atoms with Gasteiger partial charge in [-0.3, -0.25) is 4.72 Å². The van der Waals surface area contributed by atoms with Gasteiger partial charge < -0.3 is 21.2 Å². The Hall–Kier alpha value is -3.52. The fraction of sp³-hybridized carbons (Fsp3) is 0.176. The number of nitrogen functional groups attached to an aromatic ring is 1. The lowest BCUT2D eigenvalue weighted by Gasteiger charge is -2.22. The number of hydrogen-bond acceptors (Lipinski definition) is 9. The molecule has 0 bridgehead atoms. The van der Waals surface area contributed by atoms with E-state index in [1.807, 2.05) is 0 Å². The summed E-state index contributed by atoms with van der Waals surface area (Å²) in [4.78, 5) is 7.24. The van der Waals surface area contributed by atoms with Crippen molar-refractivity contribution in [1.82, 2.24) is 4.98 Å². The number of rotatable bonds is 7. The lowest BCUT2D eigenvalue weighted by Crippen LogP contribution is -2.28. The van der Waals surface area contributed by atoms with Crippen LogP contribution >= 0.6 is 0 Å². The molecule has 1 heterocycles. The van der Waals surface area contributed by atoms with Gasteiger partial charge in [0, 0.05) is 19.5 Å². The molecule has 0 aliphatic carbocycles. The normalized spacial score (nSPS) is 12.8. The Morgan fingerprint density at radius 2 is 1.97 bits per heavy atom. The first-order valence-electron chi connectivity index (χ1n) is 8.37. The third kappa shape index (κ3) is 5.76. The van der Waals surface area contributed by atoms with Crippen molar-refractivity contribution < 1.29 is 26.3 Å². The highest BCUT2D eigenvalue weighted by Crippen LogP contribution is 2.39. The summed E-state index contributed by atoms with van der Waals surface area (Å²) in [6, 6.07) is 5.35. The van der Waals surface area contributed by atoms with Gasteiger partial charge >= 0.3 is 6.18 Å². The van der Waals surface area contributed by atoms with Gasteiger partial charge in [0.05, 0.1) is 12.8 Å². The molecule has 0 amide bonds. The van der Waals surface area contributed by atoms with Gasteiger partial charge in [0.15, 0.2) is 5.82 Å².